The molecule has 0 bridgehead atoms. The van der Waals surface area contributed by atoms with E-state index in [9.17, 15) is 5.11 Å². The highest BCUT2D eigenvalue weighted by molar-refractivity contribution is 5.27. The van der Waals surface area contributed by atoms with Crippen molar-refractivity contribution in [3.8, 4) is 11.5 Å². The first kappa shape index (κ1) is 16.3. The Morgan fingerprint density at radius 1 is 0.909 bits per heavy atom. The van der Waals surface area contributed by atoms with Gasteiger partial charge in [-0.2, -0.15) is 0 Å². The molecule has 0 heterocycles. The van der Waals surface area contributed by atoms with E-state index < -0.39 is 6.10 Å². The largest absolute Gasteiger partial charge is 0.497 e. The summed E-state index contributed by atoms with van der Waals surface area (Å²) in [6.07, 6.45) is -0.653. The number of benzene rings is 2. The Morgan fingerprint density at radius 3 is 2.18 bits per heavy atom. The molecular weight excluding hydrogens is 280 g/mol. The number of methoxy groups -OCH3 is 1. The van der Waals surface area contributed by atoms with E-state index in [0.29, 0.717) is 6.61 Å². The lowest BCUT2D eigenvalue weighted by Gasteiger charge is -2.13. The summed E-state index contributed by atoms with van der Waals surface area (Å²) in [4.78, 5) is 0. The number of hydrogen-bond donors (Lipinski definition) is 1. The van der Waals surface area contributed by atoms with Crippen LogP contribution in [0.4, 0.5) is 0 Å². The maximum absolute atomic E-state index is 9.86. The van der Waals surface area contributed by atoms with Gasteiger partial charge in [0.1, 0.15) is 24.2 Å². The monoisotopic (exact) mass is 302 g/mol. The quantitative estimate of drug-likeness (QED) is 0.814. The molecule has 0 saturated heterocycles. The van der Waals surface area contributed by atoms with Crippen molar-refractivity contribution >= 4 is 0 Å². The van der Waals surface area contributed by atoms with E-state index in [0.717, 1.165) is 17.1 Å². The van der Waals surface area contributed by atoms with Crippen LogP contribution in [0, 0.1) is 6.92 Å². The fraction of sp³-hybridized carbons (Fsp3) is 0.333. The molecule has 118 valence electrons. The first-order chi connectivity index (χ1) is 10.7. The lowest BCUT2D eigenvalue weighted by atomic mass is 10.2. The zero-order valence-electron chi connectivity index (χ0n) is 13.0. The molecule has 4 nitrogen and oxygen atoms in total. The Morgan fingerprint density at radius 2 is 1.55 bits per heavy atom. The van der Waals surface area contributed by atoms with Crippen LogP contribution in [0.15, 0.2) is 48.5 Å². The molecular formula is C18H22O4. The van der Waals surface area contributed by atoms with Crippen LogP contribution in [0.3, 0.4) is 0 Å². The predicted molar refractivity (Wildman–Crippen MR) is 85.3 cm³/mol. The third-order valence-corrected chi connectivity index (χ3v) is 3.20. The molecule has 1 N–H and O–H groups in total. The Labute approximate surface area is 131 Å². The molecule has 0 radical (unpaired) electrons. The van der Waals surface area contributed by atoms with Crippen LogP contribution >= 0.6 is 0 Å². The maximum Gasteiger partial charge on any atom is 0.119 e. The number of ether oxygens (including phenoxy) is 3. The fourth-order valence-electron chi connectivity index (χ4n) is 1.91. The minimum atomic E-state index is -0.653. The number of aliphatic hydroxyl groups is 1. The summed E-state index contributed by atoms with van der Waals surface area (Å²) in [6.45, 7) is 2.92. The van der Waals surface area contributed by atoms with Crippen molar-refractivity contribution in [2.75, 3.05) is 20.3 Å². The second-order valence-electron chi connectivity index (χ2n) is 5.14. The minimum Gasteiger partial charge on any atom is -0.497 e. The van der Waals surface area contributed by atoms with Crippen molar-refractivity contribution in [3.63, 3.8) is 0 Å². The van der Waals surface area contributed by atoms with Gasteiger partial charge in [-0.05, 0) is 36.8 Å². The highest BCUT2D eigenvalue weighted by Gasteiger charge is 2.06. The van der Waals surface area contributed by atoms with Crippen LogP contribution in [0.1, 0.15) is 11.1 Å². The lowest BCUT2D eigenvalue weighted by Crippen LogP contribution is -2.23. The molecule has 0 aliphatic rings. The van der Waals surface area contributed by atoms with Crippen molar-refractivity contribution in [1.29, 1.82) is 0 Å². The SMILES string of the molecule is COc1ccc(COCC(O)COc2ccc(C)cc2)cc1. The van der Waals surface area contributed by atoms with Crippen molar-refractivity contribution in [3.05, 3.63) is 59.7 Å². The van der Waals surface area contributed by atoms with Gasteiger partial charge in [-0.25, -0.2) is 0 Å². The summed E-state index contributed by atoms with van der Waals surface area (Å²) >= 11 is 0. The molecule has 4 heteroatoms. The number of rotatable bonds is 8. The van der Waals surface area contributed by atoms with E-state index in [1.54, 1.807) is 7.11 Å². The Kier molecular flexibility index (Phi) is 6.25. The van der Waals surface area contributed by atoms with Gasteiger partial charge in [-0.1, -0.05) is 29.8 Å². The van der Waals surface area contributed by atoms with Gasteiger partial charge in [-0.15, -0.1) is 0 Å². The maximum atomic E-state index is 9.86. The van der Waals surface area contributed by atoms with Crippen LogP contribution in [-0.4, -0.2) is 31.5 Å². The molecule has 22 heavy (non-hydrogen) atoms. The summed E-state index contributed by atoms with van der Waals surface area (Å²) in [5.41, 5.74) is 2.21. The van der Waals surface area contributed by atoms with E-state index >= 15 is 0 Å². The standard InChI is InChI=1S/C18H22O4/c1-14-3-7-18(8-4-14)22-13-16(19)12-21-11-15-5-9-17(20-2)10-6-15/h3-10,16,19H,11-13H2,1-2H3. The molecule has 0 fully saturated rings. The zero-order valence-corrected chi connectivity index (χ0v) is 13.0. The highest BCUT2D eigenvalue weighted by atomic mass is 16.5. The van der Waals surface area contributed by atoms with Crippen LogP contribution in [0.2, 0.25) is 0 Å². The van der Waals surface area contributed by atoms with Crippen molar-refractivity contribution in [2.45, 2.75) is 19.6 Å². The molecule has 1 atom stereocenters. The first-order valence-corrected chi connectivity index (χ1v) is 7.25. The Bertz CT molecular complexity index is 548. The normalized spacial score (nSPS) is 12.0. The van der Waals surface area contributed by atoms with Gasteiger partial charge in [0, 0.05) is 0 Å². The number of hydrogen-bond acceptors (Lipinski definition) is 4. The van der Waals surface area contributed by atoms with Crippen LogP contribution in [-0.2, 0) is 11.3 Å². The van der Waals surface area contributed by atoms with Crippen LogP contribution < -0.4 is 9.47 Å². The molecule has 2 aromatic carbocycles. The molecule has 0 aromatic heterocycles. The average Bonchev–Trinajstić information content (AvgIpc) is 2.55. The first-order valence-electron chi connectivity index (χ1n) is 7.25. The number of aliphatic hydroxyl groups excluding tert-OH is 1. The second kappa shape index (κ2) is 8.41. The molecule has 0 spiro atoms. The Hall–Kier alpha value is -2.04. The molecule has 2 rings (SSSR count). The predicted octanol–water partition coefficient (Wildman–Crippen LogP) is 2.96. The van der Waals surface area contributed by atoms with E-state index in [1.165, 1.54) is 5.56 Å². The molecule has 0 aliphatic heterocycles. The summed E-state index contributed by atoms with van der Waals surface area (Å²) in [5, 5.41) is 9.86. The summed E-state index contributed by atoms with van der Waals surface area (Å²) in [5.74, 6) is 1.56. The average molecular weight is 302 g/mol. The summed E-state index contributed by atoms with van der Waals surface area (Å²) in [6, 6.07) is 15.4. The molecule has 1 unspecified atom stereocenters. The third-order valence-electron chi connectivity index (χ3n) is 3.20. The molecule has 2 aromatic rings. The molecule has 0 saturated carbocycles. The van der Waals surface area contributed by atoms with E-state index in [1.807, 2.05) is 55.5 Å². The lowest BCUT2D eigenvalue weighted by molar-refractivity contribution is 0.00548. The van der Waals surface area contributed by atoms with Gasteiger partial charge in [0.2, 0.25) is 0 Å². The number of aryl methyl sites for hydroxylation is 1. The second-order valence-corrected chi connectivity index (χ2v) is 5.14. The van der Waals surface area contributed by atoms with Crippen LogP contribution in [0.5, 0.6) is 11.5 Å². The van der Waals surface area contributed by atoms with Crippen molar-refractivity contribution in [2.24, 2.45) is 0 Å². The van der Waals surface area contributed by atoms with E-state index in [-0.39, 0.29) is 13.2 Å². The highest BCUT2D eigenvalue weighted by Crippen LogP contribution is 2.13. The van der Waals surface area contributed by atoms with Gasteiger partial charge in [0.25, 0.3) is 0 Å². The smallest absolute Gasteiger partial charge is 0.119 e. The minimum absolute atomic E-state index is 0.214. The molecule has 0 amide bonds. The van der Waals surface area contributed by atoms with Gasteiger partial charge < -0.3 is 19.3 Å². The van der Waals surface area contributed by atoms with Crippen molar-refractivity contribution < 1.29 is 19.3 Å². The zero-order chi connectivity index (χ0) is 15.8. The summed E-state index contributed by atoms with van der Waals surface area (Å²) in [7, 11) is 1.63. The topological polar surface area (TPSA) is 47.9 Å². The van der Waals surface area contributed by atoms with Gasteiger partial charge in [0.05, 0.1) is 20.3 Å². The van der Waals surface area contributed by atoms with Gasteiger partial charge in [0.15, 0.2) is 0 Å². The Balaban J connectivity index is 1.66. The van der Waals surface area contributed by atoms with Crippen molar-refractivity contribution in [1.82, 2.24) is 0 Å². The third kappa shape index (κ3) is 5.39. The molecule has 0 aliphatic carbocycles. The van der Waals surface area contributed by atoms with Gasteiger partial charge in [-0.3, -0.25) is 0 Å². The van der Waals surface area contributed by atoms with E-state index in [2.05, 4.69) is 0 Å². The fourth-order valence-corrected chi connectivity index (χ4v) is 1.91. The van der Waals surface area contributed by atoms with E-state index in [4.69, 9.17) is 14.2 Å². The summed E-state index contributed by atoms with van der Waals surface area (Å²) < 4.78 is 16.1. The van der Waals surface area contributed by atoms with Gasteiger partial charge >= 0.3 is 0 Å². The van der Waals surface area contributed by atoms with Crippen LogP contribution in [0.25, 0.3) is 0 Å².